The maximum atomic E-state index is 13.5. The van der Waals surface area contributed by atoms with Gasteiger partial charge in [0.2, 0.25) is 0 Å². The molecule has 4 nitrogen and oxygen atoms in total. The normalized spacial score (nSPS) is 18.1. The molecular weight excluding hydrogens is 412 g/mol. The molecule has 1 atom stereocenters. The maximum Gasteiger partial charge on any atom is 0.300 e. The first-order valence-corrected chi connectivity index (χ1v) is 9.32. The molecule has 3 aromatic carbocycles. The highest BCUT2D eigenvalue weighted by molar-refractivity contribution is 6.51. The minimum Gasteiger partial charge on any atom is -0.507 e. The lowest BCUT2D eigenvalue weighted by atomic mass is 9.95. The fraction of sp³-hybridized carbons (Fsp3) is 0.0435. The monoisotopic (exact) mass is 425 g/mol. The van der Waals surface area contributed by atoms with Crippen LogP contribution in [0.3, 0.4) is 0 Å². The van der Waals surface area contributed by atoms with Gasteiger partial charge in [-0.25, -0.2) is 8.78 Å². The van der Waals surface area contributed by atoms with Crippen molar-refractivity contribution in [3.05, 3.63) is 106 Å². The van der Waals surface area contributed by atoms with Crippen molar-refractivity contribution in [3.63, 3.8) is 0 Å². The average Bonchev–Trinajstić information content (AvgIpc) is 2.99. The molecule has 1 amide bonds. The van der Waals surface area contributed by atoms with Gasteiger partial charge in [-0.3, -0.25) is 14.5 Å². The molecule has 1 unspecified atom stereocenters. The van der Waals surface area contributed by atoms with Crippen molar-refractivity contribution in [1.29, 1.82) is 0 Å². The first-order chi connectivity index (χ1) is 14.4. The van der Waals surface area contributed by atoms with Gasteiger partial charge in [0.1, 0.15) is 17.4 Å². The highest BCUT2D eigenvalue weighted by Crippen LogP contribution is 2.42. The van der Waals surface area contributed by atoms with Crippen LogP contribution in [0, 0.1) is 11.6 Å². The zero-order chi connectivity index (χ0) is 21.4. The van der Waals surface area contributed by atoms with Gasteiger partial charge in [-0.15, -0.1) is 0 Å². The summed E-state index contributed by atoms with van der Waals surface area (Å²) in [7, 11) is 0. The molecule has 0 bridgehead atoms. The van der Waals surface area contributed by atoms with Crippen LogP contribution in [0.15, 0.2) is 78.4 Å². The number of aliphatic hydroxyl groups is 1. The van der Waals surface area contributed by atoms with Crippen molar-refractivity contribution in [2.24, 2.45) is 0 Å². The predicted octanol–water partition coefficient (Wildman–Crippen LogP) is 5.24. The molecule has 1 fully saturated rings. The van der Waals surface area contributed by atoms with E-state index in [1.54, 1.807) is 18.2 Å². The third-order valence-electron chi connectivity index (χ3n) is 4.83. The molecule has 30 heavy (non-hydrogen) atoms. The molecule has 4 rings (SSSR count). The van der Waals surface area contributed by atoms with E-state index in [2.05, 4.69) is 0 Å². The Labute approximate surface area is 175 Å². The van der Waals surface area contributed by atoms with Gasteiger partial charge in [-0.2, -0.15) is 0 Å². The number of hydrogen-bond acceptors (Lipinski definition) is 3. The standard InChI is InChI=1S/C23H14ClF2NO3/c24-15-2-1-3-18(12-15)27-20(13-4-8-16(25)9-5-13)19(22(29)23(27)30)21(28)14-6-10-17(26)11-7-14/h1-12,20,28H/b21-19+. The maximum absolute atomic E-state index is 13.5. The number of carbonyl (C=O) groups excluding carboxylic acids is 2. The van der Waals surface area contributed by atoms with E-state index in [1.165, 1.54) is 47.4 Å². The van der Waals surface area contributed by atoms with Gasteiger partial charge in [0, 0.05) is 16.3 Å². The lowest BCUT2D eigenvalue weighted by Gasteiger charge is -2.25. The van der Waals surface area contributed by atoms with Crippen LogP contribution < -0.4 is 4.90 Å². The second-order valence-electron chi connectivity index (χ2n) is 6.71. The number of carbonyl (C=O) groups is 2. The van der Waals surface area contributed by atoms with Crippen LogP contribution in [0.1, 0.15) is 17.2 Å². The van der Waals surface area contributed by atoms with Gasteiger partial charge >= 0.3 is 0 Å². The molecule has 0 spiro atoms. The molecule has 1 aliphatic rings. The number of ketones is 1. The van der Waals surface area contributed by atoms with Gasteiger partial charge in [0.15, 0.2) is 0 Å². The molecule has 0 radical (unpaired) electrons. The summed E-state index contributed by atoms with van der Waals surface area (Å²) in [6.07, 6.45) is 0. The second-order valence-corrected chi connectivity index (χ2v) is 7.14. The highest BCUT2D eigenvalue weighted by Gasteiger charge is 2.47. The van der Waals surface area contributed by atoms with Gasteiger partial charge in [-0.1, -0.05) is 29.8 Å². The SMILES string of the molecule is O=C1C(=O)N(c2cccc(Cl)c2)C(c2ccc(F)cc2)/C1=C(\O)c1ccc(F)cc1. The summed E-state index contributed by atoms with van der Waals surface area (Å²) < 4.78 is 26.8. The molecule has 1 saturated heterocycles. The number of rotatable bonds is 3. The molecule has 0 aliphatic carbocycles. The Morgan fingerprint density at radius 3 is 2.10 bits per heavy atom. The van der Waals surface area contributed by atoms with Crippen LogP contribution in [0.25, 0.3) is 5.76 Å². The van der Waals surface area contributed by atoms with E-state index in [-0.39, 0.29) is 11.1 Å². The summed E-state index contributed by atoms with van der Waals surface area (Å²) in [5.41, 5.74) is 0.752. The largest absolute Gasteiger partial charge is 0.507 e. The molecule has 7 heteroatoms. The lowest BCUT2D eigenvalue weighted by Crippen LogP contribution is -2.29. The topological polar surface area (TPSA) is 57.6 Å². The van der Waals surface area contributed by atoms with E-state index >= 15 is 0 Å². The van der Waals surface area contributed by atoms with Crippen LogP contribution >= 0.6 is 11.6 Å². The predicted molar refractivity (Wildman–Crippen MR) is 109 cm³/mol. The number of aliphatic hydroxyl groups excluding tert-OH is 1. The Morgan fingerprint density at radius 2 is 1.50 bits per heavy atom. The molecule has 3 aromatic rings. The Balaban J connectivity index is 1.95. The summed E-state index contributed by atoms with van der Waals surface area (Å²) in [6, 6.07) is 15.5. The zero-order valence-corrected chi connectivity index (χ0v) is 16.1. The van der Waals surface area contributed by atoms with E-state index in [0.29, 0.717) is 16.3 Å². The van der Waals surface area contributed by atoms with E-state index in [4.69, 9.17) is 11.6 Å². The smallest absolute Gasteiger partial charge is 0.300 e. The first kappa shape index (κ1) is 19.8. The summed E-state index contributed by atoms with van der Waals surface area (Å²) in [5.74, 6) is -3.23. The van der Waals surface area contributed by atoms with Crippen LogP contribution in [-0.4, -0.2) is 16.8 Å². The molecule has 150 valence electrons. The number of anilines is 1. The lowest BCUT2D eigenvalue weighted by molar-refractivity contribution is -0.132. The van der Waals surface area contributed by atoms with E-state index in [1.807, 2.05) is 0 Å². The molecule has 1 heterocycles. The third kappa shape index (κ3) is 3.46. The average molecular weight is 426 g/mol. The molecular formula is C23H14ClF2NO3. The van der Waals surface area contributed by atoms with Crippen LogP contribution in [0.2, 0.25) is 5.02 Å². The van der Waals surface area contributed by atoms with Gasteiger partial charge in [0.05, 0.1) is 11.6 Å². The third-order valence-corrected chi connectivity index (χ3v) is 5.07. The van der Waals surface area contributed by atoms with Crippen molar-refractivity contribution in [1.82, 2.24) is 0 Å². The van der Waals surface area contributed by atoms with Crippen LogP contribution in [0.5, 0.6) is 0 Å². The second kappa shape index (κ2) is 7.72. The fourth-order valence-corrected chi connectivity index (χ4v) is 3.63. The van der Waals surface area contributed by atoms with Crippen molar-refractivity contribution in [2.75, 3.05) is 4.90 Å². The summed E-state index contributed by atoms with van der Waals surface area (Å²) in [5, 5.41) is 11.2. The zero-order valence-electron chi connectivity index (χ0n) is 15.4. The Kier molecular flexibility index (Phi) is 5.10. The first-order valence-electron chi connectivity index (χ1n) is 8.95. The Hall–Kier alpha value is -3.51. The van der Waals surface area contributed by atoms with Gasteiger partial charge in [0.25, 0.3) is 11.7 Å². The van der Waals surface area contributed by atoms with E-state index < -0.39 is 35.1 Å². The number of amides is 1. The number of halogens is 3. The van der Waals surface area contributed by atoms with Gasteiger partial charge < -0.3 is 5.11 Å². The molecule has 0 aromatic heterocycles. The van der Waals surface area contributed by atoms with Crippen molar-refractivity contribution in [3.8, 4) is 0 Å². The minimum absolute atomic E-state index is 0.174. The minimum atomic E-state index is -1.02. The molecule has 1 N–H and O–H groups in total. The highest BCUT2D eigenvalue weighted by atomic mass is 35.5. The Morgan fingerprint density at radius 1 is 0.900 bits per heavy atom. The van der Waals surface area contributed by atoms with Crippen molar-refractivity contribution >= 4 is 34.7 Å². The summed E-state index contributed by atoms with van der Waals surface area (Å²) in [6.45, 7) is 0. The van der Waals surface area contributed by atoms with Crippen molar-refractivity contribution in [2.45, 2.75) is 6.04 Å². The van der Waals surface area contributed by atoms with E-state index in [0.717, 1.165) is 12.1 Å². The van der Waals surface area contributed by atoms with E-state index in [9.17, 15) is 23.5 Å². The number of Topliss-reactive ketones (excluding diaryl/α,β-unsaturated/α-hetero) is 1. The molecule has 0 saturated carbocycles. The fourth-order valence-electron chi connectivity index (χ4n) is 3.45. The Bertz CT molecular complexity index is 1170. The summed E-state index contributed by atoms with van der Waals surface area (Å²) >= 11 is 6.06. The summed E-state index contributed by atoms with van der Waals surface area (Å²) in [4.78, 5) is 27.0. The number of nitrogens with zero attached hydrogens (tertiary/aromatic N) is 1. The number of benzene rings is 3. The van der Waals surface area contributed by atoms with Gasteiger partial charge in [-0.05, 0) is 60.2 Å². The van der Waals surface area contributed by atoms with Crippen molar-refractivity contribution < 1.29 is 23.5 Å². The number of hydrogen-bond donors (Lipinski definition) is 1. The van der Waals surface area contributed by atoms with Crippen LogP contribution in [-0.2, 0) is 9.59 Å². The molecule has 1 aliphatic heterocycles. The van der Waals surface area contributed by atoms with Crippen LogP contribution in [0.4, 0.5) is 14.5 Å². The quantitative estimate of drug-likeness (QED) is 0.354.